The summed E-state index contributed by atoms with van der Waals surface area (Å²) in [4.78, 5) is 1.87. The monoisotopic (exact) mass is 228 g/mol. The van der Waals surface area contributed by atoms with Crippen LogP contribution in [0.3, 0.4) is 0 Å². The molecule has 1 rings (SSSR count). The Bertz CT molecular complexity index is 303. The Morgan fingerprint density at radius 3 is 2.88 bits per heavy atom. The van der Waals surface area contributed by atoms with Crippen LogP contribution in [0.1, 0.15) is 25.8 Å². The van der Waals surface area contributed by atoms with Gasteiger partial charge in [-0.05, 0) is 13.5 Å². The molecule has 0 saturated heterocycles. The van der Waals surface area contributed by atoms with Gasteiger partial charge in [-0.1, -0.05) is 12.0 Å². The maximum atomic E-state index is 5.54. The first-order valence-corrected chi connectivity index (χ1v) is 5.45. The summed E-state index contributed by atoms with van der Waals surface area (Å²) in [5.41, 5.74) is 0. The normalized spacial score (nSPS) is 12.8. The third-order valence-corrected chi connectivity index (χ3v) is 2.27. The Labute approximate surface area is 96.0 Å². The van der Waals surface area contributed by atoms with Gasteiger partial charge in [0.1, 0.15) is 0 Å². The minimum Gasteiger partial charge on any atom is -0.406 e. The number of hydrogen-bond acceptors (Lipinski definition) is 6. The molecule has 1 aromatic heterocycles. The topological polar surface area (TPSA) is 63.4 Å². The second-order valence-electron chi connectivity index (χ2n) is 3.62. The van der Waals surface area contributed by atoms with Crippen molar-refractivity contribution in [2.24, 2.45) is 0 Å². The molecule has 1 N–H and O–H groups in total. The molecule has 0 fully saturated rings. The van der Waals surface area contributed by atoms with E-state index in [1.54, 1.807) is 7.11 Å². The summed E-state index contributed by atoms with van der Waals surface area (Å²) in [6.07, 6.45) is 0. The zero-order valence-electron chi connectivity index (χ0n) is 10.4. The molecule has 0 aliphatic rings. The van der Waals surface area contributed by atoms with E-state index in [9.17, 15) is 0 Å². The first-order chi connectivity index (χ1) is 7.69. The molecule has 1 atom stereocenters. The molecule has 1 heterocycles. The first-order valence-electron chi connectivity index (χ1n) is 5.45. The molecule has 0 saturated carbocycles. The minimum atomic E-state index is 0.0853. The average molecular weight is 228 g/mol. The number of methoxy groups -OCH3 is 1. The van der Waals surface area contributed by atoms with E-state index < -0.39 is 0 Å². The van der Waals surface area contributed by atoms with Crippen molar-refractivity contribution in [2.45, 2.75) is 19.9 Å². The Kier molecular flexibility index (Phi) is 5.21. The van der Waals surface area contributed by atoms with Gasteiger partial charge in [0, 0.05) is 20.7 Å². The lowest BCUT2D eigenvalue weighted by Crippen LogP contribution is -2.22. The molecule has 1 aromatic rings. The van der Waals surface area contributed by atoms with E-state index in [4.69, 9.17) is 9.15 Å². The zero-order chi connectivity index (χ0) is 12.0. The van der Waals surface area contributed by atoms with Crippen LogP contribution in [0.4, 0.5) is 6.01 Å². The lowest BCUT2D eigenvalue weighted by Gasteiger charge is -2.12. The first kappa shape index (κ1) is 12.9. The fraction of sp³-hybridized carbons (Fsp3) is 0.800. The molecule has 0 aliphatic carbocycles. The van der Waals surface area contributed by atoms with Crippen molar-refractivity contribution in [3.63, 3.8) is 0 Å². The van der Waals surface area contributed by atoms with E-state index in [0.29, 0.717) is 18.5 Å². The molecule has 0 bridgehead atoms. The van der Waals surface area contributed by atoms with Crippen LogP contribution < -0.4 is 10.2 Å². The van der Waals surface area contributed by atoms with Gasteiger partial charge in [-0.2, -0.15) is 0 Å². The lowest BCUT2D eigenvalue weighted by molar-refractivity contribution is 0.205. The standard InChI is InChI=1S/C10H20N4O2/c1-5-11-8(2)9-12-13-10(16-9)14(3)6-7-15-4/h8,11H,5-7H2,1-4H3. The van der Waals surface area contributed by atoms with Crippen molar-refractivity contribution in [3.8, 4) is 0 Å². The molecule has 1 unspecified atom stereocenters. The fourth-order valence-corrected chi connectivity index (χ4v) is 1.27. The summed E-state index contributed by atoms with van der Waals surface area (Å²) < 4.78 is 10.5. The van der Waals surface area contributed by atoms with Crippen LogP contribution >= 0.6 is 0 Å². The van der Waals surface area contributed by atoms with Gasteiger partial charge in [-0.25, -0.2) is 0 Å². The lowest BCUT2D eigenvalue weighted by atomic mass is 10.3. The molecule has 0 spiro atoms. The highest BCUT2D eigenvalue weighted by Gasteiger charge is 2.14. The molecular weight excluding hydrogens is 208 g/mol. The second kappa shape index (κ2) is 6.44. The molecular formula is C10H20N4O2. The van der Waals surface area contributed by atoms with Gasteiger partial charge >= 0.3 is 6.01 Å². The number of rotatable bonds is 7. The highest BCUT2D eigenvalue weighted by Crippen LogP contribution is 2.15. The largest absolute Gasteiger partial charge is 0.406 e. The summed E-state index contributed by atoms with van der Waals surface area (Å²) in [5.74, 6) is 0.612. The van der Waals surface area contributed by atoms with Crippen molar-refractivity contribution in [3.05, 3.63) is 5.89 Å². The third kappa shape index (κ3) is 3.46. The smallest absolute Gasteiger partial charge is 0.318 e. The van der Waals surface area contributed by atoms with Crippen LogP contribution in [0.25, 0.3) is 0 Å². The molecule has 6 nitrogen and oxygen atoms in total. The Balaban J connectivity index is 2.56. The predicted molar refractivity (Wildman–Crippen MR) is 61.5 cm³/mol. The van der Waals surface area contributed by atoms with E-state index in [0.717, 1.165) is 13.1 Å². The molecule has 0 radical (unpaired) electrons. The van der Waals surface area contributed by atoms with Crippen molar-refractivity contribution in [1.29, 1.82) is 0 Å². The van der Waals surface area contributed by atoms with Crippen LogP contribution in [0, 0.1) is 0 Å². The molecule has 0 aromatic carbocycles. The number of anilines is 1. The number of nitrogens with one attached hydrogen (secondary N) is 1. The fourth-order valence-electron chi connectivity index (χ4n) is 1.27. The van der Waals surface area contributed by atoms with Gasteiger partial charge in [-0.3, -0.25) is 0 Å². The van der Waals surface area contributed by atoms with Gasteiger partial charge in [0.15, 0.2) is 0 Å². The van der Waals surface area contributed by atoms with Crippen LogP contribution in [-0.2, 0) is 4.74 Å². The van der Waals surface area contributed by atoms with Crippen molar-refractivity contribution >= 4 is 6.01 Å². The summed E-state index contributed by atoms with van der Waals surface area (Å²) in [5, 5.41) is 11.2. The van der Waals surface area contributed by atoms with E-state index >= 15 is 0 Å². The van der Waals surface area contributed by atoms with E-state index in [1.807, 2.05) is 25.8 Å². The molecule has 6 heteroatoms. The Hall–Kier alpha value is -1.14. The second-order valence-corrected chi connectivity index (χ2v) is 3.62. The van der Waals surface area contributed by atoms with Gasteiger partial charge in [0.2, 0.25) is 5.89 Å². The van der Waals surface area contributed by atoms with Crippen LogP contribution in [0.5, 0.6) is 0 Å². The summed E-state index contributed by atoms with van der Waals surface area (Å²) in [6.45, 7) is 6.28. The van der Waals surface area contributed by atoms with E-state index in [-0.39, 0.29) is 6.04 Å². The van der Waals surface area contributed by atoms with Gasteiger partial charge in [0.05, 0.1) is 12.6 Å². The van der Waals surface area contributed by atoms with Crippen LogP contribution in [-0.4, -0.2) is 44.1 Å². The summed E-state index contributed by atoms with van der Waals surface area (Å²) in [7, 11) is 3.56. The van der Waals surface area contributed by atoms with E-state index in [1.165, 1.54) is 0 Å². The highest BCUT2D eigenvalue weighted by molar-refractivity contribution is 5.21. The third-order valence-electron chi connectivity index (χ3n) is 2.27. The average Bonchev–Trinajstić information content (AvgIpc) is 2.75. The number of likely N-dealkylation sites (N-methyl/N-ethyl adjacent to an activating group) is 1. The van der Waals surface area contributed by atoms with Crippen molar-refractivity contribution in [2.75, 3.05) is 38.8 Å². The number of aromatic nitrogens is 2. The molecule has 0 aliphatic heterocycles. The number of nitrogens with zero attached hydrogens (tertiary/aromatic N) is 3. The molecule has 0 amide bonds. The Morgan fingerprint density at radius 1 is 1.50 bits per heavy atom. The minimum absolute atomic E-state index is 0.0853. The molecule has 16 heavy (non-hydrogen) atoms. The van der Waals surface area contributed by atoms with Gasteiger partial charge < -0.3 is 19.4 Å². The Morgan fingerprint density at radius 2 is 2.25 bits per heavy atom. The maximum absolute atomic E-state index is 5.54. The predicted octanol–water partition coefficient (Wildman–Crippen LogP) is 0.823. The number of ether oxygens (including phenoxy) is 1. The van der Waals surface area contributed by atoms with E-state index in [2.05, 4.69) is 15.5 Å². The van der Waals surface area contributed by atoms with Gasteiger partial charge in [0.25, 0.3) is 0 Å². The van der Waals surface area contributed by atoms with Gasteiger partial charge in [-0.15, -0.1) is 5.10 Å². The molecule has 92 valence electrons. The maximum Gasteiger partial charge on any atom is 0.318 e. The summed E-state index contributed by atoms with van der Waals surface area (Å²) in [6, 6.07) is 0.610. The summed E-state index contributed by atoms with van der Waals surface area (Å²) >= 11 is 0. The highest BCUT2D eigenvalue weighted by atomic mass is 16.5. The van der Waals surface area contributed by atoms with Crippen LogP contribution in [0.2, 0.25) is 0 Å². The SMILES string of the molecule is CCNC(C)c1nnc(N(C)CCOC)o1. The zero-order valence-corrected chi connectivity index (χ0v) is 10.4. The quantitative estimate of drug-likeness (QED) is 0.745. The van der Waals surface area contributed by atoms with Crippen molar-refractivity contribution < 1.29 is 9.15 Å². The number of hydrogen-bond donors (Lipinski definition) is 1. The van der Waals surface area contributed by atoms with Crippen LogP contribution in [0.15, 0.2) is 4.42 Å². The van der Waals surface area contributed by atoms with Crippen molar-refractivity contribution in [1.82, 2.24) is 15.5 Å².